The van der Waals surface area contributed by atoms with E-state index < -0.39 is 0 Å². The molecule has 1 fully saturated rings. The van der Waals surface area contributed by atoms with Gasteiger partial charge in [0.05, 0.1) is 10.7 Å². The maximum Gasteiger partial charge on any atom is 0.0759 e. The predicted molar refractivity (Wildman–Crippen MR) is 40.4 cm³/mol. The molecule has 48 valence electrons. The zero-order valence-corrected chi connectivity index (χ0v) is 6.47. The summed E-state index contributed by atoms with van der Waals surface area (Å²) >= 11 is 3.73. The van der Waals surface area contributed by atoms with Crippen LogP contribution in [0.5, 0.6) is 0 Å². The van der Waals surface area contributed by atoms with Gasteiger partial charge in [0.15, 0.2) is 0 Å². The Morgan fingerprint density at radius 2 is 2.00 bits per heavy atom. The van der Waals surface area contributed by atoms with Crippen molar-refractivity contribution in [3.8, 4) is 0 Å². The van der Waals surface area contributed by atoms with Gasteiger partial charge in [0.1, 0.15) is 0 Å². The molecule has 0 bridgehead atoms. The van der Waals surface area contributed by atoms with Crippen LogP contribution in [0.25, 0.3) is 0 Å². The van der Waals surface area contributed by atoms with Gasteiger partial charge in [-0.15, -0.1) is 23.5 Å². The molecule has 1 rings (SSSR count). The summed E-state index contributed by atoms with van der Waals surface area (Å²) in [7, 11) is 0. The standard InChI is InChI=1S/C5H10OS2/c1-4(6)5-7-2-3-8-5/h4-6H,2-3H2,1H3. The molecular formula is C5H10OS2. The Morgan fingerprint density at radius 1 is 1.50 bits per heavy atom. The Labute approximate surface area is 58.2 Å². The summed E-state index contributed by atoms with van der Waals surface area (Å²) in [5.74, 6) is 2.42. The number of hydrogen-bond donors (Lipinski definition) is 1. The summed E-state index contributed by atoms with van der Waals surface area (Å²) in [6, 6.07) is 0. The van der Waals surface area contributed by atoms with E-state index >= 15 is 0 Å². The van der Waals surface area contributed by atoms with E-state index in [0.29, 0.717) is 4.58 Å². The van der Waals surface area contributed by atoms with Crippen molar-refractivity contribution in [2.24, 2.45) is 0 Å². The average Bonchev–Trinajstić information content (AvgIpc) is 2.12. The Hall–Kier alpha value is 0.660. The molecule has 0 spiro atoms. The lowest BCUT2D eigenvalue weighted by Crippen LogP contribution is -2.12. The van der Waals surface area contributed by atoms with Gasteiger partial charge in [0, 0.05) is 11.5 Å². The van der Waals surface area contributed by atoms with E-state index in [0.717, 1.165) is 0 Å². The van der Waals surface area contributed by atoms with E-state index in [1.54, 1.807) is 0 Å². The van der Waals surface area contributed by atoms with Crippen LogP contribution in [-0.2, 0) is 0 Å². The van der Waals surface area contributed by atoms with Crippen molar-refractivity contribution >= 4 is 23.5 Å². The van der Waals surface area contributed by atoms with Crippen LogP contribution >= 0.6 is 23.5 Å². The monoisotopic (exact) mass is 150 g/mol. The molecule has 0 saturated carbocycles. The van der Waals surface area contributed by atoms with Gasteiger partial charge >= 0.3 is 0 Å². The normalized spacial score (nSPS) is 26.2. The van der Waals surface area contributed by atoms with E-state index in [9.17, 15) is 0 Å². The van der Waals surface area contributed by atoms with Gasteiger partial charge in [0.2, 0.25) is 0 Å². The van der Waals surface area contributed by atoms with Crippen LogP contribution in [0.3, 0.4) is 0 Å². The fourth-order valence-electron chi connectivity index (χ4n) is 0.655. The summed E-state index contributed by atoms with van der Waals surface area (Å²) < 4.78 is 0.454. The van der Waals surface area contributed by atoms with Crippen molar-refractivity contribution in [1.29, 1.82) is 0 Å². The summed E-state index contributed by atoms with van der Waals surface area (Å²) in [6.45, 7) is 1.86. The van der Waals surface area contributed by atoms with Crippen LogP contribution in [0.1, 0.15) is 6.92 Å². The lowest BCUT2D eigenvalue weighted by Gasteiger charge is -2.08. The maximum atomic E-state index is 9.01. The molecule has 1 heterocycles. The van der Waals surface area contributed by atoms with Gasteiger partial charge in [-0.2, -0.15) is 0 Å². The van der Waals surface area contributed by atoms with E-state index in [2.05, 4.69) is 0 Å². The van der Waals surface area contributed by atoms with Crippen LogP contribution in [0.15, 0.2) is 0 Å². The fraction of sp³-hybridized carbons (Fsp3) is 1.00. The highest BCUT2D eigenvalue weighted by Crippen LogP contribution is 2.33. The second kappa shape index (κ2) is 2.99. The zero-order valence-electron chi connectivity index (χ0n) is 4.83. The van der Waals surface area contributed by atoms with Gasteiger partial charge in [-0.05, 0) is 6.92 Å². The number of aliphatic hydroxyl groups excluding tert-OH is 1. The molecule has 0 amide bonds. The quantitative estimate of drug-likeness (QED) is 0.606. The van der Waals surface area contributed by atoms with E-state index in [-0.39, 0.29) is 6.10 Å². The second-order valence-corrected chi connectivity index (χ2v) is 4.65. The Bertz CT molecular complexity index is 68.8. The predicted octanol–water partition coefficient (Wildman–Crippen LogP) is 1.17. The number of hydrogen-bond acceptors (Lipinski definition) is 3. The number of rotatable bonds is 1. The van der Waals surface area contributed by atoms with Crippen molar-refractivity contribution in [3.05, 3.63) is 0 Å². The summed E-state index contributed by atoms with van der Waals surface area (Å²) in [5.41, 5.74) is 0. The van der Waals surface area contributed by atoms with E-state index in [1.807, 2.05) is 30.4 Å². The molecule has 8 heavy (non-hydrogen) atoms. The molecule has 1 aliphatic heterocycles. The SMILES string of the molecule is CC(O)C1SCCS1. The molecule has 0 aromatic carbocycles. The van der Waals surface area contributed by atoms with Crippen molar-refractivity contribution in [3.63, 3.8) is 0 Å². The summed E-state index contributed by atoms with van der Waals surface area (Å²) in [5, 5.41) is 9.01. The third-order valence-electron chi connectivity index (χ3n) is 1.04. The first-order valence-electron chi connectivity index (χ1n) is 2.72. The van der Waals surface area contributed by atoms with Gasteiger partial charge in [-0.3, -0.25) is 0 Å². The number of aliphatic hydroxyl groups is 1. The molecule has 1 nitrogen and oxygen atoms in total. The van der Waals surface area contributed by atoms with Crippen molar-refractivity contribution < 1.29 is 5.11 Å². The molecule has 1 aliphatic rings. The lowest BCUT2D eigenvalue weighted by molar-refractivity contribution is 0.213. The van der Waals surface area contributed by atoms with Crippen LogP contribution < -0.4 is 0 Å². The molecule has 0 aromatic rings. The minimum absolute atomic E-state index is 0.132. The molecule has 1 N–H and O–H groups in total. The fourth-order valence-corrected chi connectivity index (χ4v) is 3.41. The molecule has 1 unspecified atom stereocenters. The van der Waals surface area contributed by atoms with Gasteiger partial charge in [-0.1, -0.05) is 0 Å². The largest absolute Gasteiger partial charge is 0.391 e. The molecule has 1 saturated heterocycles. The Morgan fingerprint density at radius 3 is 2.25 bits per heavy atom. The highest BCUT2D eigenvalue weighted by Gasteiger charge is 2.20. The average molecular weight is 150 g/mol. The molecule has 0 aliphatic carbocycles. The molecule has 0 radical (unpaired) electrons. The topological polar surface area (TPSA) is 20.2 Å². The second-order valence-electron chi connectivity index (χ2n) is 1.85. The highest BCUT2D eigenvalue weighted by molar-refractivity contribution is 8.20. The zero-order chi connectivity index (χ0) is 5.98. The molecule has 1 atom stereocenters. The van der Waals surface area contributed by atoms with Gasteiger partial charge in [-0.25, -0.2) is 0 Å². The molecule has 3 heteroatoms. The van der Waals surface area contributed by atoms with Crippen LogP contribution in [-0.4, -0.2) is 27.3 Å². The maximum absolute atomic E-state index is 9.01. The highest BCUT2D eigenvalue weighted by atomic mass is 32.2. The minimum atomic E-state index is -0.132. The van der Waals surface area contributed by atoms with Gasteiger partial charge < -0.3 is 5.11 Å². The first kappa shape index (κ1) is 6.78. The molecular weight excluding hydrogens is 140 g/mol. The number of thioether (sulfide) groups is 2. The third kappa shape index (κ3) is 1.57. The minimum Gasteiger partial charge on any atom is -0.391 e. The lowest BCUT2D eigenvalue weighted by atomic mass is 10.5. The first-order chi connectivity index (χ1) is 3.80. The van der Waals surface area contributed by atoms with Crippen LogP contribution in [0, 0.1) is 0 Å². The van der Waals surface area contributed by atoms with E-state index in [4.69, 9.17) is 5.11 Å². The van der Waals surface area contributed by atoms with Crippen molar-refractivity contribution in [1.82, 2.24) is 0 Å². The Kier molecular flexibility index (Phi) is 2.53. The molecule has 0 aromatic heterocycles. The van der Waals surface area contributed by atoms with Crippen LogP contribution in [0.4, 0.5) is 0 Å². The van der Waals surface area contributed by atoms with Crippen molar-refractivity contribution in [2.45, 2.75) is 17.6 Å². The summed E-state index contributed by atoms with van der Waals surface area (Å²) in [6.07, 6.45) is -0.132. The smallest absolute Gasteiger partial charge is 0.0759 e. The van der Waals surface area contributed by atoms with Gasteiger partial charge in [0.25, 0.3) is 0 Å². The van der Waals surface area contributed by atoms with E-state index in [1.165, 1.54) is 11.5 Å². The Balaban J connectivity index is 2.24. The van der Waals surface area contributed by atoms with Crippen molar-refractivity contribution in [2.75, 3.05) is 11.5 Å². The summed E-state index contributed by atoms with van der Waals surface area (Å²) in [4.78, 5) is 0. The first-order valence-corrected chi connectivity index (χ1v) is 4.82. The third-order valence-corrected chi connectivity index (χ3v) is 4.44. The van der Waals surface area contributed by atoms with Crippen LogP contribution in [0.2, 0.25) is 0 Å².